The van der Waals surface area contributed by atoms with Gasteiger partial charge in [0.1, 0.15) is 0 Å². The van der Waals surface area contributed by atoms with E-state index >= 15 is 0 Å². The Kier molecular flexibility index (Phi) is 14.7. The molecule has 0 unspecified atom stereocenters. The molecule has 0 aliphatic carbocycles. The van der Waals surface area contributed by atoms with Gasteiger partial charge in [0, 0.05) is 0 Å². The van der Waals surface area contributed by atoms with Crippen molar-refractivity contribution < 1.29 is 26.5 Å². The quantitative estimate of drug-likeness (QED) is 0.315. The Morgan fingerprint density at radius 2 is 1.46 bits per heavy atom. The fourth-order valence-electron chi connectivity index (χ4n) is 2.77. The molecule has 1 aromatic rings. The first kappa shape index (κ1) is 25.1. The summed E-state index contributed by atoms with van der Waals surface area (Å²) in [4.78, 5) is 1.29. The highest BCUT2D eigenvalue weighted by molar-refractivity contribution is 7.80. The van der Waals surface area contributed by atoms with Gasteiger partial charge in [0.05, 0.1) is 33.0 Å². The molecular formula is C19H37NO5S. The molecule has 0 atom stereocenters. The van der Waals surface area contributed by atoms with E-state index in [1.54, 1.807) is 0 Å². The molecule has 1 rings (SSSR count). The van der Waals surface area contributed by atoms with Crippen LogP contribution in [0.2, 0.25) is 0 Å². The molecule has 0 fully saturated rings. The van der Waals surface area contributed by atoms with Gasteiger partial charge in [0.15, 0.2) is 0 Å². The van der Waals surface area contributed by atoms with Crippen molar-refractivity contribution in [2.24, 2.45) is 0 Å². The molecule has 1 aromatic heterocycles. The lowest BCUT2D eigenvalue weighted by Gasteiger charge is -2.05. The standard InChI is InChI=1S/C18H33NO.CH4O4S/c1-4-5-6-7-8-9-10-11-12-13-14-17-15-16-20-18(17)19(2)3;1-5-6(2,3)4/h15-16H,4-14H2,1-3H3;1H3,(H,2,3,4). The van der Waals surface area contributed by atoms with E-state index in [-0.39, 0.29) is 0 Å². The zero-order valence-corrected chi connectivity index (χ0v) is 17.7. The Hall–Kier alpha value is -0.890. The molecule has 0 spiro atoms. The normalized spacial score (nSPS) is 11.5. The summed E-state index contributed by atoms with van der Waals surface area (Å²) >= 11 is 0. The third-order valence-corrected chi connectivity index (χ3v) is 4.61. The molecule has 0 aromatic carbocycles. The van der Waals surface area contributed by atoms with Gasteiger partial charge in [0.2, 0.25) is 10.4 Å². The van der Waals surface area contributed by atoms with Crippen LogP contribution >= 0.6 is 0 Å². The van der Waals surface area contributed by atoms with Crippen LogP contribution in [0.25, 0.3) is 0 Å². The number of nitrogens with one attached hydrogen (secondary N) is 1. The number of quaternary nitrogens is 1. The first-order valence-electron chi connectivity index (χ1n) is 9.70. The van der Waals surface area contributed by atoms with Crippen LogP contribution in [0.15, 0.2) is 16.7 Å². The predicted octanol–water partition coefficient (Wildman–Crippen LogP) is 3.61. The zero-order chi connectivity index (χ0) is 19.8. The number of furan rings is 1. The van der Waals surface area contributed by atoms with Crippen molar-refractivity contribution >= 4 is 16.3 Å². The van der Waals surface area contributed by atoms with Crippen molar-refractivity contribution in [1.29, 1.82) is 0 Å². The van der Waals surface area contributed by atoms with Gasteiger partial charge < -0.3 is 8.97 Å². The van der Waals surface area contributed by atoms with Crippen molar-refractivity contribution in [2.75, 3.05) is 21.2 Å². The molecule has 6 nitrogen and oxygen atoms in total. The van der Waals surface area contributed by atoms with Gasteiger partial charge in [-0.25, -0.2) is 8.42 Å². The van der Waals surface area contributed by atoms with Crippen LogP contribution in [0.1, 0.15) is 76.7 Å². The van der Waals surface area contributed by atoms with E-state index in [1.165, 1.54) is 81.1 Å². The summed E-state index contributed by atoms with van der Waals surface area (Å²) in [6, 6.07) is 2.13. The highest BCUT2D eigenvalue weighted by Gasteiger charge is 2.11. The Balaban J connectivity index is 0.000000896. The first-order chi connectivity index (χ1) is 12.3. The van der Waals surface area contributed by atoms with E-state index in [0.29, 0.717) is 0 Å². The largest absolute Gasteiger partial charge is 0.726 e. The van der Waals surface area contributed by atoms with Gasteiger partial charge in [-0.1, -0.05) is 64.7 Å². The van der Waals surface area contributed by atoms with E-state index in [1.807, 2.05) is 6.26 Å². The lowest BCUT2D eigenvalue weighted by atomic mass is 10.0. The van der Waals surface area contributed by atoms with E-state index in [9.17, 15) is 13.0 Å². The molecule has 154 valence electrons. The van der Waals surface area contributed by atoms with Crippen molar-refractivity contribution in [1.82, 2.24) is 0 Å². The molecule has 0 aliphatic rings. The molecule has 26 heavy (non-hydrogen) atoms. The van der Waals surface area contributed by atoms with Gasteiger partial charge in [-0.2, -0.15) is 0 Å². The van der Waals surface area contributed by atoms with Crippen molar-refractivity contribution in [3.05, 3.63) is 17.9 Å². The van der Waals surface area contributed by atoms with E-state index in [0.717, 1.165) is 13.0 Å². The summed E-state index contributed by atoms with van der Waals surface area (Å²) in [7, 11) is 0.648. The number of hydrogen-bond donors (Lipinski definition) is 1. The molecule has 0 bridgehead atoms. The maximum absolute atomic E-state index is 9.22. The van der Waals surface area contributed by atoms with Gasteiger partial charge in [-0.05, 0) is 18.9 Å². The number of hydrogen-bond acceptors (Lipinski definition) is 5. The molecule has 7 heteroatoms. The van der Waals surface area contributed by atoms with Crippen LogP contribution in [0.5, 0.6) is 0 Å². The monoisotopic (exact) mass is 391 g/mol. The third kappa shape index (κ3) is 14.3. The highest BCUT2D eigenvalue weighted by atomic mass is 32.3. The summed E-state index contributed by atoms with van der Waals surface area (Å²) in [5.74, 6) is 1.11. The van der Waals surface area contributed by atoms with E-state index in [4.69, 9.17) is 4.42 Å². The lowest BCUT2D eigenvalue weighted by Crippen LogP contribution is -3.00. The van der Waals surface area contributed by atoms with Crippen molar-refractivity contribution in [3.63, 3.8) is 0 Å². The van der Waals surface area contributed by atoms with Crippen LogP contribution in [0, 0.1) is 0 Å². The Labute approximate surface area is 159 Å². The second-order valence-corrected chi connectivity index (χ2v) is 7.93. The average molecular weight is 392 g/mol. The lowest BCUT2D eigenvalue weighted by molar-refractivity contribution is -0.795. The molecule has 0 amide bonds. The summed E-state index contributed by atoms with van der Waals surface area (Å²) in [6.45, 7) is 2.28. The fourth-order valence-corrected chi connectivity index (χ4v) is 2.77. The maximum Gasteiger partial charge on any atom is 0.297 e. The number of unbranched alkanes of at least 4 members (excludes halogenated alkanes) is 9. The topological polar surface area (TPSA) is 84.0 Å². The molecule has 0 radical (unpaired) electrons. The Morgan fingerprint density at radius 1 is 1.00 bits per heavy atom. The second kappa shape index (κ2) is 15.2. The summed E-state index contributed by atoms with van der Waals surface area (Å²) in [6.07, 6.45) is 17.0. The minimum absolute atomic E-state index is 0.808. The summed E-state index contributed by atoms with van der Waals surface area (Å²) in [5.41, 5.74) is 1.39. The Bertz CT molecular complexity index is 540. The van der Waals surface area contributed by atoms with Gasteiger partial charge in [-0.15, -0.1) is 0 Å². The van der Waals surface area contributed by atoms with Crippen molar-refractivity contribution in [2.45, 2.75) is 77.6 Å². The van der Waals surface area contributed by atoms with E-state index in [2.05, 4.69) is 31.3 Å². The SMILES string of the molecule is CCCCCCCCCCCCc1ccoc1[NH+](C)C.COS(=O)(=O)[O-]. The molecule has 0 saturated carbocycles. The molecule has 1 heterocycles. The van der Waals surface area contributed by atoms with E-state index < -0.39 is 10.4 Å². The smallest absolute Gasteiger partial charge is 0.297 e. The predicted molar refractivity (Wildman–Crippen MR) is 103 cm³/mol. The fraction of sp³-hybridized carbons (Fsp3) is 0.789. The first-order valence-corrected chi connectivity index (χ1v) is 11.0. The van der Waals surface area contributed by atoms with Gasteiger partial charge in [-0.3, -0.25) is 9.08 Å². The Morgan fingerprint density at radius 3 is 1.88 bits per heavy atom. The number of rotatable bonds is 13. The van der Waals surface area contributed by atoms with Crippen molar-refractivity contribution in [3.8, 4) is 0 Å². The molecular weight excluding hydrogens is 354 g/mol. The minimum atomic E-state index is -4.41. The maximum atomic E-state index is 9.22. The molecule has 0 saturated heterocycles. The van der Waals surface area contributed by atoms with Gasteiger partial charge >= 0.3 is 0 Å². The minimum Gasteiger partial charge on any atom is -0.726 e. The van der Waals surface area contributed by atoms with Crippen LogP contribution in [0.4, 0.5) is 5.88 Å². The highest BCUT2D eigenvalue weighted by Crippen LogP contribution is 2.16. The summed E-state index contributed by atoms with van der Waals surface area (Å²) < 4.78 is 36.6. The second-order valence-electron chi connectivity index (χ2n) is 6.78. The van der Waals surface area contributed by atoms with Crippen LogP contribution < -0.4 is 4.90 Å². The van der Waals surface area contributed by atoms with Crippen LogP contribution in [-0.2, 0) is 21.0 Å². The molecule has 1 N–H and O–H groups in total. The number of aryl methyl sites for hydroxylation is 1. The van der Waals surface area contributed by atoms with Gasteiger partial charge in [0.25, 0.3) is 5.88 Å². The zero-order valence-electron chi connectivity index (χ0n) is 16.9. The molecule has 0 aliphatic heterocycles. The van der Waals surface area contributed by atoms with Crippen LogP contribution in [0.3, 0.4) is 0 Å². The summed E-state index contributed by atoms with van der Waals surface area (Å²) in [5, 5.41) is 0. The third-order valence-electron chi connectivity index (χ3n) is 4.20. The van der Waals surface area contributed by atoms with Crippen LogP contribution in [-0.4, -0.2) is 34.2 Å². The average Bonchev–Trinajstić information content (AvgIpc) is 3.05.